The van der Waals surface area contributed by atoms with Gasteiger partial charge >= 0.3 is 5.97 Å². The van der Waals surface area contributed by atoms with E-state index in [-0.39, 0.29) is 12.2 Å². The van der Waals surface area contributed by atoms with Crippen LogP contribution < -0.4 is 5.32 Å². The summed E-state index contributed by atoms with van der Waals surface area (Å²) in [6.07, 6.45) is 0. The molecular weight excluding hydrogens is 360 g/mol. The molecule has 3 aromatic rings. The molecule has 8 nitrogen and oxygen atoms in total. The second-order valence-corrected chi connectivity index (χ2v) is 5.34. The molecule has 1 aromatic heterocycles. The lowest BCUT2D eigenvalue weighted by Crippen LogP contribution is -2.24. The van der Waals surface area contributed by atoms with Crippen molar-refractivity contribution in [3.63, 3.8) is 0 Å². The normalized spacial score (nSPS) is 10.4. The summed E-state index contributed by atoms with van der Waals surface area (Å²) < 4.78 is 31.3. The van der Waals surface area contributed by atoms with Crippen molar-refractivity contribution < 1.29 is 23.1 Å². The van der Waals surface area contributed by atoms with Gasteiger partial charge in [0.25, 0.3) is 5.91 Å². The number of benzene rings is 2. The van der Waals surface area contributed by atoms with Crippen LogP contribution in [0.25, 0.3) is 11.4 Å². The molecule has 1 N–H and O–H groups in total. The van der Waals surface area contributed by atoms with E-state index < -0.39 is 30.1 Å². The Morgan fingerprint density at radius 3 is 2.67 bits per heavy atom. The van der Waals surface area contributed by atoms with E-state index in [0.29, 0.717) is 5.82 Å². The first-order valence-electron chi connectivity index (χ1n) is 7.75. The van der Waals surface area contributed by atoms with Crippen LogP contribution in [-0.4, -0.2) is 38.7 Å². The van der Waals surface area contributed by atoms with Gasteiger partial charge in [0.05, 0.1) is 5.69 Å². The molecule has 27 heavy (non-hydrogen) atoms. The first kappa shape index (κ1) is 18.1. The van der Waals surface area contributed by atoms with Crippen LogP contribution in [0.2, 0.25) is 0 Å². The predicted octanol–water partition coefficient (Wildman–Crippen LogP) is 1.80. The molecule has 0 bridgehead atoms. The van der Waals surface area contributed by atoms with Gasteiger partial charge in [-0.15, -0.1) is 10.2 Å². The first-order chi connectivity index (χ1) is 13.0. The molecule has 0 aliphatic rings. The number of carbonyl (C=O) groups excluding carboxylic acids is 2. The number of anilines is 1. The van der Waals surface area contributed by atoms with E-state index in [9.17, 15) is 18.4 Å². The van der Waals surface area contributed by atoms with Crippen LogP contribution in [0.4, 0.5) is 14.5 Å². The topological polar surface area (TPSA) is 99.0 Å². The summed E-state index contributed by atoms with van der Waals surface area (Å²) in [4.78, 5) is 24.5. The van der Waals surface area contributed by atoms with Gasteiger partial charge in [0, 0.05) is 11.6 Å². The van der Waals surface area contributed by atoms with Crippen LogP contribution in [0.3, 0.4) is 0 Å². The standard InChI is InChI=1S/C17H13F2N5O3/c18-12-6-7-13(19)14(8-12)20-15(25)10-27-16(26)9-24-22-17(21-23-24)11-4-2-1-3-5-11/h1-8H,9-10H2,(H,20,25). The molecule has 0 saturated heterocycles. The molecule has 3 rings (SSSR count). The highest BCUT2D eigenvalue weighted by atomic mass is 19.1. The van der Waals surface area contributed by atoms with Gasteiger partial charge < -0.3 is 10.1 Å². The number of nitrogens with zero attached hydrogens (tertiary/aromatic N) is 4. The number of tetrazole rings is 1. The predicted molar refractivity (Wildman–Crippen MR) is 89.2 cm³/mol. The minimum Gasteiger partial charge on any atom is -0.454 e. The minimum atomic E-state index is -0.815. The van der Waals surface area contributed by atoms with Crippen molar-refractivity contribution in [3.8, 4) is 11.4 Å². The Morgan fingerprint density at radius 2 is 1.89 bits per heavy atom. The quantitative estimate of drug-likeness (QED) is 0.662. The van der Waals surface area contributed by atoms with Crippen LogP contribution in [0.5, 0.6) is 0 Å². The zero-order valence-corrected chi connectivity index (χ0v) is 13.8. The third kappa shape index (κ3) is 4.91. The number of ether oxygens (including phenoxy) is 1. The molecule has 0 fully saturated rings. The summed E-state index contributed by atoms with van der Waals surface area (Å²) >= 11 is 0. The summed E-state index contributed by atoms with van der Waals surface area (Å²) in [6, 6.07) is 11.6. The van der Waals surface area contributed by atoms with Crippen LogP contribution in [0.15, 0.2) is 48.5 Å². The zero-order valence-electron chi connectivity index (χ0n) is 13.8. The van der Waals surface area contributed by atoms with Crippen molar-refractivity contribution >= 4 is 17.6 Å². The van der Waals surface area contributed by atoms with Crippen LogP contribution >= 0.6 is 0 Å². The fourth-order valence-corrected chi connectivity index (χ4v) is 2.10. The molecule has 2 aromatic carbocycles. The van der Waals surface area contributed by atoms with Crippen molar-refractivity contribution in [1.29, 1.82) is 0 Å². The van der Waals surface area contributed by atoms with Crippen molar-refractivity contribution in [2.75, 3.05) is 11.9 Å². The van der Waals surface area contributed by atoms with E-state index >= 15 is 0 Å². The molecule has 10 heteroatoms. The second-order valence-electron chi connectivity index (χ2n) is 5.34. The van der Waals surface area contributed by atoms with Gasteiger partial charge in [-0.2, -0.15) is 4.80 Å². The molecule has 0 radical (unpaired) electrons. The largest absolute Gasteiger partial charge is 0.454 e. The van der Waals surface area contributed by atoms with Crippen molar-refractivity contribution in [1.82, 2.24) is 20.2 Å². The van der Waals surface area contributed by atoms with E-state index in [1.54, 1.807) is 12.1 Å². The van der Waals surface area contributed by atoms with E-state index in [0.717, 1.165) is 28.6 Å². The zero-order chi connectivity index (χ0) is 19.2. The molecule has 1 heterocycles. The van der Waals surface area contributed by atoms with Crippen LogP contribution in [0.1, 0.15) is 0 Å². The number of hydrogen-bond acceptors (Lipinski definition) is 6. The molecule has 0 aliphatic carbocycles. The highest BCUT2D eigenvalue weighted by molar-refractivity contribution is 5.92. The lowest BCUT2D eigenvalue weighted by Gasteiger charge is -2.07. The maximum Gasteiger partial charge on any atom is 0.330 e. The Labute approximate surface area is 151 Å². The fourth-order valence-electron chi connectivity index (χ4n) is 2.10. The smallest absolute Gasteiger partial charge is 0.330 e. The lowest BCUT2D eigenvalue weighted by atomic mass is 10.2. The van der Waals surface area contributed by atoms with Gasteiger partial charge in [-0.1, -0.05) is 30.3 Å². The average Bonchev–Trinajstić information content (AvgIpc) is 3.12. The Morgan fingerprint density at radius 1 is 1.11 bits per heavy atom. The summed E-state index contributed by atoms with van der Waals surface area (Å²) in [5.74, 6) is -2.79. The van der Waals surface area contributed by atoms with E-state index in [4.69, 9.17) is 4.74 Å². The first-order valence-corrected chi connectivity index (χ1v) is 7.75. The Balaban J connectivity index is 1.50. The summed E-state index contributed by atoms with van der Waals surface area (Å²) in [5, 5.41) is 13.7. The van der Waals surface area contributed by atoms with E-state index in [2.05, 4.69) is 20.7 Å². The molecule has 0 aliphatic heterocycles. The highest BCUT2D eigenvalue weighted by Crippen LogP contribution is 2.15. The lowest BCUT2D eigenvalue weighted by molar-refractivity contribution is -0.148. The monoisotopic (exact) mass is 373 g/mol. The Bertz CT molecular complexity index is 962. The maximum atomic E-state index is 13.4. The summed E-state index contributed by atoms with van der Waals surface area (Å²) in [5.41, 5.74) is 0.384. The number of amides is 1. The van der Waals surface area contributed by atoms with Gasteiger partial charge in [0.2, 0.25) is 5.82 Å². The number of aromatic nitrogens is 4. The molecule has 1 amide bonds. The second kappa shape index (κ2) is 8.13. The number of halogens is 2. The number of carbonyl (C=O) groups is 2. The highest BCUT2D eigenvalue weighted by Gasteiger charge is 2.13. The fraction of sp³-hybridized carbons (Fsp3) is 0.118. The average molecular weight is 373 g/mol. The van der Waals surface area contributed by atoms with Gasteiger partial charge in [0.1, 0.15) is 11.6 Å². The van der Waals surface area contributed by atoms with Crippen molar-refractivity contribution in [2.45, 2.75) is 6.54 Å². The summed E-state index contributed by atoms with van der Waals surface area (Å²) in [7, 11) is 0. The SMILES string of the molecule is O=C(COC(=O)Cn1nnc(-c2ccccc2)n1)Nc1cc(F)ccc1F. The van der Waals surface area contributed by atoms with Crippen molar-refractivity contribution in [2.24, 2.45) is 0 Å². The third-order valence-electron chi connectivity index (χ3n) is 3.32. The van der Waals surface area contributed by atoms with Crippen LogP contribution in [0, 0.1) is 11.6 Å². The number of rotatable bonds is 6. The maximum absolute atomic E-state index is 13.4. The molecular formula is C17H13F2N5O3. The Hall–Kier alpha value is -3.69. The summed E-state index contributed by atoms with van der Waals surface area (Å²) in [6.45, 7) is -1.03. The molecule has 138 valence electrons. The van der Waals surface area contributed by atoms with Gasteiger partial charge in [-0.3, -0.25) is 4.79 Å². The third-order valence-corrected chi connectivity index (χ3v) is 3.32. The van der Waals surface area contributed by atoms with Gasteiger partial charge in [-0.05, 0) is 17.3 Å². The molecule has 0 unspecified atom stereocenters. The van der Waals surface area contributed by atoms with Gasteiger partial charge in [0.15, 0.2) is 13.2 Å². The Kier molecular flexibility index (Phi) is 5.45. The van der Waals surface area contributed by atoms with E-state index in [1.165, 1.54) is 0 Å². The van der Waals surface area contributed by atoms with E-state index in [1.807, 2.05) is 18.2 Å². The minimum absolute atomic E-state index is 0.336. The number of nitrogens with one attached hydrogen (secondary N) is 1. The molecule has 0 saturated carbocycles. The van der Waals surface area contributed by atoms with Crippen LogP contribution in [-0.2, 0) is 20.9 Å². The van der Waals surface area contributed by atoms with Crippen molar-refractivity contribution in [3.05, 3.63) is 60.2 Å². The number of hydrogen-bond donors (Lipinski definition) is 1. The molecule has 0 spiro atoms. The number of esters is 1. The van der Waals surface area contributed by atoms with Gasteiger partial charge in [-0.25, -0.2) is 13.6 Å². The molecule has 0 atom stereocenters.